The molecule has 1 fully saturated rings. The van der Waals surface area contributed by atoms with E-state index >= 15 is 0 Å². The van der Waals surface area contributed by atoms with Crippen LogP contribution in [0.2, 0.25) is 0 Å². The van der Waals surface area contributed by atoms with Crippen molar-refractivity contribution >= 4 is 34.8 Å². The number of nitrogens with two attached hydrogens (primary N) is 1. The fourth-order valence-corrected chi connectivity index (χ4v) is 2.70. The van der Waals surface area contributed by atoms with Gasteiger partial charge in [0.25, 0.3) is 0 Å². The molecule has 2 aliphatic rings. The Bertz CT molecular complexity index is 783. The Balaban J connectivity index is 1.80. The van der Waals surface area contributed by atoms with Gasteiger partial charge in [-0.2, -0.15) is 4.98 Å². The van der Waals surface area contributed by atoms with Crippen LogP contribution < -0.4 is 15.5 Å². The number of hydrogen-bond acceptors (Lipinski definition) is 8. The molecule has 23 heavy (non-hydrogen) atoms. The molecule has 0 unspecified atom stereocenters. The van der Waals surface area contributed by atoms with Crippen molar-refractivity contribution in [3.8, 4) is 0 Å². The summed E-state index contributed by atoms with van der Waals surface area (Å²) < 4.78 is 5.41. The lowest BCUT2D eigenvalue weighted by Crippen LogP contribution is -2.37. The van der Waals surface area contributed by atoms with Crippen LogP contribution in [-0.4, -0.2) is 54.1 Å². The van der Waals surface area contributed by atoms with Gasteiger partial charge in [0.15, 0.2) is 5.82 Å². The van der Waals surface area contributed by atoms with Crippen molar-refractivity contribution in [3.63, 3.8) is 0 Å². The lowest BCUT2D eigenvalue weighted by molar-refractivity contribution is 0.122. The molecule has 4 rings (SSSR count). The van der Waals surface area contributed by atoms with Crippen molar-refractivity contribution in [1.82, 2.24) is 15.0 Å². The van der Waals surface area contributed by atoms with Crippen molar-refractivity contribution in [1.29, 1.82) is 0 Å². The third-order valence-electron chi connectivity index (χ3n) is 3.82. The van der Waals surface area contributed by atoms with E-state index in [-0.39, 0.29) is 5.95 Å². The van der Waals surface area contributed by atoms with Crippen molar-refractivity contribution in [2.45, 2.75) is 0 Å². The molecule has 0 aromatic carbocycles. The standard InChI is InChI=1S/C15H17N7O/c16-15-18-11-2-3-12(22-5-1-4-17-10-22)19-13(11)14(20-15)21-6-8-23-9-7-21/h1-5H,6-10H2,(H2,16,18,20). The first-order chi connectivity index (χ1) is 11.3. The Labute approximate surface area is 133 Å². The summed E-state index contributed by atoms with van der Waals surface area (Å²) in [5, 5.41) is 0. The zero-order valence-corrected chi connectivity index (χ0v) is 12.6. The van der Waals surface area contributed by atoms with Crippen LogP contribution in [0.25, 0.3) is 11.0 Å². The Morgan fingerprint density at radius 3 is 2.74 bits per heavy atom. The molecule has 2 N–H and O–H groups in total. The summed E-state index contributed by atoms with van der Waals surface area (Å²) in [5.41, 5.74) is 7.36. The molecular weight excluding hydrogens is 294 g/mol. The van der Waals surface area contributed by atoms with Crippen LogP contribution in [0.5, 0.6) is 0 Å². The molecule has 1 saturated heterocycles. The van der Waals surface area contributed by atoms with Crippen LogP contribution in [0.15, 0.2) is 29.4 Å². The Morgan fingerprint density at radius 2 is 1.96 bits per heavy atom. The molecule has 0 spiro atoms. The maximum atomic E-state index is 5.86. The van der Waals surface area contributed by atoms with Gasteiger partial charge >= 0.3 is 0 Å². The largest absolute Gasteiger partial charge is 0.378 e. The number of allylic oxidation sites excluding steroid dienone is 1. The summed E-state index contributed by atoms with van der Waals surface area (Å²) in [6, 6.07) is 3.84. The third kappa shape index (κ3) is 2.68. The first-order valence-corrected chi connectivity index (χ1v) is 7.51. The zero-order chi connectivity index (χ0) is 15.6. The molecular formula is C15H17N7O. The number of pyridine rings is 1. The second kappa shape index (κ2) is 5.81. The number of anilines is 3. The van der Waals surface area contributed by atoms with Gasteiger partial charge in [-0.3, -0.25) is 4.99 Å². The Morgan fingerprint density at radius 1 is 1.09 bits per heavy atom. The molecule has 2 aliphatic heterocycles. The van der Waals surface area contributed by atoms with Gasteiger partial charge in [0.05, 0.1) is 18.7 Å². The molecule has 0 saturated carbocycles. The van der Waals surface area contributed by atoms with E-state index in [9.17, 15) is 0 Å². The predicted molar refractivity (Wildman–Crippen MR) is 89.8 cm³/mol. The number of rotatable bonds is 2. The molecule has 0 radical (unpaired) electrons. The molecule has 8 heteroatoms. The molecule has 4 heterocycles. The number of aromatic nitrogens is 3. The third-order valence-corrected chi connectivity index (χ3v) is 3.82. The Kier molecular flexibility index (Phi) is 3.51. The highest BCUT2D eigenvalue weighted by molar-refractivity contribution is 5.88. The van der Waals surface area contributed by atoms with Crippen LogP contribution in [0, 0.1) is 0 Å². The van der Waals surface area contributed by atoms with Gasteiger partial charge in [-0.25, -0.2) is 9.97 Å². The zero-order valence-electron chi connectivity index (χ0n) is 12.6. The summed E-state index contributed by atoms with van der Waals surface area (Å²) in [6.07, 6.45) is 5.62. The highest BCUT2D eigenvalue weighted by atomic mass is 16.5. The molecule has 118 valence electrons. The average molecular weight is 311 g/mol. The molecule has 0 bridgehead atoms. The van der Waals surface area contributed by atoms with Gasteiger partial charge in [-0.15, -0.1) is 0 Å². The molecule has 2 aromatic heterocycles. The first kappa shape index (κ1) is 13.9. The maximum absolute atomic E-state index is 5.86. The van der Waals surface area contributed by atoms with Crippen LogP contribution >= 0.6 is 0 Å². The van der Waals surface area contributed by atoms with E-state index in [0.717, 1.165) is 35.8 Å². The molecule has 0 aliphatic carbocycles. The van der Waals surface area contributed by atoms with Crippen LogP contribution in [-0.2, 0) is 4.74 Å². The van der Waals surface area contributed by atoms with Gasteiger partial charge in [-0.05, 0) is 18.2 Å². The van der Waals surface area contributed by atoms with E-state index in [1.54, 1.807) is 6.21 Å². The molecule has 0 amide bonds. The summed E-state index contributed by atoms with van der Waals surface area (Å²) in [4.78, 5) is 21.8. The molecule has 2 aromatic rings. The van der Waals surface area contributed by atoms with Crippen molar-refractivity contribution in [2.24, 2.45) is 4.99 Å². The van der Waals surface area contributed by atoms with Crippen molar-refractivity contribution in [2.75, 3.05) is 48.5 Å². The van der Waals surface area contributed by atoms with Crippen LogP contribution in [0.4, 0.5) is 17.6 Å². The lowest BCUT2D eigenvalue weighted by atomic mass is 10.3. The van der Waals surface area contributed by atoms with E-state index in [0.29, 0.717) is 19.9 Å². The van der Waals surface area contributed by atoms with Crippen LogP contribution in [0.3, 0.4) is 0 Å². The minimum atomic E-state index is 0.260. The van der Waals surface area contributed by atoms with Gasteiger partial charge in [0.2, 0.25) is 5.95 Å². The van der Waals surface area contributed by atoms with Gasteiger partial charge in [0.1, 0.15) is 18.0 Å². The van der Waals surface area contributed by atoms with E-state index in [4.69, 9.17) is 15.5 Å². The number of morpholine rings is 1. The number of nitrogen functional groups attached to an aromatic ring is 1. The SMILES string of the molecule is Nc1nc(N2CCOCC2)c2nc(N3C=CC=NC3)ccc2n1. The smallest absolute Gasteiger partial charge is 0.222 e. The molecule has 0 atom stereocenters. The highest BCUT2D eigenvalue weighted by Gasteiger charge is 2.19. The fourth-order valence-electron chi connectivity index (χ4n) is 2.70. The summed E-state index contributed by atoms with van der Waals surface area (Å²) in [6.45, 7) is 3.44. The van der Waals surface area contributed by atoms with E-state index in [2.05, 4.69) is 19.9 Å². The topological polar surface area (TPSA) is 92.8 Å². The number of hydrogen-bond donors (Lipinski definition) is 1. The average Bonchev–Trinajstić information content (AvgIpc) is 2.62. The summed E-state index contributed by atoms with van der Waals surface area (Å²) in [7, 11) is 0. The fraction of sp³-hybridized carbons (Fsp3) is 0.333. The monoisotopic (exact) mass is 311 g/mol. The maximum Gasteiger partial charge on any atom is 0.222 e. The number of nitrogens with zero attached hydrogens (tertiary/aromatic N) is 6. The number of fused-ring (bicyclic) bond motifs is 1. The number of aliphatic imine (C=N–C) groups is 1. The van der Waals surface area contributed by atoms with E-state index in [1.807, 2.05) is 29.3 Å². The van der Waals surface area contributed by atoms with Crippen molar-refractivity contribution in [3.05, 3.63) is 24.4 Å². The van der Waals surface area contributed by atoms with Gasteiger partial charge in [0, 0.05) is 25.5 Å². The second-order valence-corrected chi connectivity index (χ2v) is 5.33. The summed E-state index contributed by atoms with van der Waals surface area (Å²) in [5.74, 6) is 1.84. The highest BCUT2D eigenvalue weighted by Crippen LogP contribution is 2.26. The normalized spacial score (nSPS) is 17.9. The second-order valence-electron chi connectivity index (χ2n) is 5.33. The van der Waals surface area contributed by atoms with E-state index < -0.39 is 0 Å². The summed E-state index contributed by atoms with van der Waals surface area (Å²) >= 11 is 0. The van der Waals surface area contributed by atoms with Crippen molar-refractivity contribution < 1.29 is 4.74 Å². The first-order valence-electron chi connectivity index (χ1n) is 7.51. The van der Waals surface area contributed by atoms with Gasteiger partial charge in [-0.1, -0.05) is 0 Å². The minimum Gasteiger partial charge on any atom is -0.378 e. The number of ether oxygens (including phenoxy) is 1. The predicted octanol–water partition coefficient (Wildman–Crippen LogP) is 0.806. The van der Waals surface area contributed by atoms with Gasteiger partial charge < -0.3 is 20.3 Å². The van der Waals surface area contributed by atoms with Crippen LogP contribution in [0.1, 0.15) is 0 Å². The van der Waals surface area contributed by atoms with E-state index in [1.165, 1.54) is 0 Å². The minimum absolute atomic E-state index is 0.260. The quantitative estimate of drug-likeness (QED) is 0.877. The Hall–Kier alpha value is -2.74. The lowest BCUT2D eigenvalue weighted by Gasteiger charge is -2.28. The molecule has 8 nitrogen and oxygen atoms in total.